The van der Waals surface area contributed by atoms with Crippen LogP contribution in [0.25, 0.3) is 0 Å². The molecule has 0 saturated carbocycles. The fourth-order valence-corrected chi connectivity index (χ4v) is 3.20. The number of phenols is 1. The number of hydrogen-bond donors (Lipinski definition) is 2. The molecule has 2 aromatic carbocycles. The molecule has 0 aromatic heterocycles. The fourth-order valence-electron chi connectivity index (χ4n) is 1.93. The predicted octanol–water partition coefficient (Wildman–Crippen LogP) is 2.19. The minimum atomic E-state index is -0.229. The van der Waals surface area contributed by atoms with Crippen LogP contribution < -0.4 is 15.9 Å². The molecule has 2 nitrogen and oxygen atoms in total. The normalized spacial score (nSPS) is 11.3. The number of halogens is 1. The highest BCUT2D eigenvalue weighted by Crippen LogP contribution is 2.23. The lowest BCUT2D eigenvalue weighted by Crippen LogP contribution is -2.16. The highest BCUT2D eigenvalue weighted by Gasteiger charge is 2.09. The summed E-state index contributed by atoms with van der Waals surface area (Å²) in [4.78, 5) is 0. The van der Waals surface area contributed by atoms with Gasteiger partial charge in [0.25, 0.3) is 0 Å². The van der Waals surface area contributed by atoms with Crippen LogP contribution in [0.4, 0.5) is 4.39 Å². The maximum Gasteiger partial charge on any atom is 0.126 e. The number of para-hydroxylation sites is 1. The van der Waals surface area contributed by atoms with Gasteiger partial charge in [0.15, 0.2) is 0 Å². The smallest absolute Gasteiger partial charge is 0.126 e. The van der Waals surface area contributed by atoms with Crippen molar-refractivity contribution < 1.29 is 9.50 Å². The van der Waals surface area contributed by atoms with Gasteiger partial charge in [-0.1, -0.05) is 32.8 Å². The Labute approximate surface area is 114 Å². The average Bonchev–Trinajstić information content (AvgIpc) is 2.38. The molecule has 0 spiro atoms. The first-order valence-corrected chi connectivity index (χ1v) is 7.10. The minimum absolute atomic E-state index is 0.229. The lowest BCUT2D eigenvalue weighted by molar-refractivity contribution is 0.475. The average molecular weight is 277 g/mol. The molecule has 1 unspecified atom stereocenters. The second-order valence-corrected chi connectivity index (χ2v) is 5.76. The molecule has 4 heteroatoms. The van der Waals surface area contributed by atoms with E-state index in [2.05, 4.69) is 5.32 Å². The Morgan fingerprint density at radius 2 is 2.00 bits per heavy atom. The number of nitrogens with one attached hydrogen (secondary N) is 1. The number of phenolic OH excluding ortho intramolecular Hbond substituents is 1. The van der Waals surface area contributed by atoms with Crippen molar-refractivity contribution in [2.24, 2.45) is 0 Å². The van der Waals surface area contributed by atoms with Crippen molar-refractivity contribution in [3.8, 4) is 5.75 Å². The fraction of sp³-hybridized carbons (Fsp3) is 0.200. The topological polar surface area (TPSA) is 32.3 Å². The Kier molecular flexibility index (Phi) is 4.52. The third-order valence-corrected chi connectivity index (χ3v) is 4.37. The van der Waals surface area contributed by atoms with Gasteiger partial charge in [0.05, 0.1) is 0 Å². The standard InChI is InChI=1S/C15H17FNOP/c1-10-4-3-5-14(15(10)18)19-13-7-6-12(16)8-11(13)9-17-2/h3-8,17-19H,9H2,1-2H3. The minimum Gasteiger partial charge on any atom is -0.507 e. The monoisotopic (exact) mass is 277 g/mol. The Hall–Kier alpha value is -1.44. The van der Waals surface area contributed by atoms with Crippen LogP contribution in [0.1, 0.15) is 11.1 Å². The highest BCUT2D eigenvalue weighted by molar-refractivity contribution is 7.55. The van der Waals surface area contributed by atoms with Crippen LogP contribution in [0.3, 0.4) is 0 Å². The van der Waals surface area contributed by atoms with Gasteiger partial charge in [-0.3, -0.25) is 0 Å². The summed E-state index contributed by atoms with van der Waals surface area (Å²) in [5.41, 5.74) is 1.80. The summed E-state index contributed by atoms with van der Waals surface area (Å²) in [5, 5.41) is 15.0. The highest BCUT2D eigenvalue weighted by atomic mass is 31.1. The van der Waals surface area contributed by atoms with Gasteiger partial charge in [-0.25, -0.2) is 4.39 Å². The van der Waals surface area contributed by atoms with Crippen molar-refractivity contribution in [2.45, 2.75) is 13.5 Å². The summed E-state index contributed by atoms with van der Waals surface area (Å²) in [6.45, 7) is 2.50. The molecule has 100 valence electrons. The van der Waals surface area contributed by atoms with Crippen LogP contribution in [0.15, 0.2) is 36.4 Å². The van der Waals surface area contributed by atoms with Crippen molar-refractivity contribution in [1.82, 2.24) is 5.32 Å². The van der Waals surface area contributed by atoms with Crippen LogP contribution in [-0.4, -0.2) is 12.2 Å². The van der Waals surface area contributed by atoms with Crippen LogP contribution in [0.5, 0.6) is 5.75 Å². The second kappa shape index (κ2) is 6.14. The molecule has 0 fully saturated rings. The Bertz CT molecular complexity index is 586. The lowest BCUT2D eigenvalue weighted by atomic mass is 10.2. The van der Waals surface area contributed by atoms with Crippen LogP contribution in [-0.2, 0) is 6.54 Å². The van der Waals surface area contributed by atoms with Gasteiger partial charge in [-0.05, 0) is 42.5 Å². The van der Waals surface area contributed by atoms with E-state index >= 15 is 0 Å². The molecular weight excluding hydrogens is 260 g/mol. The molecule has 0 aliphatic heterocycles. The van der Waals surface area contributed by atoms with E-state index in [-0.39, 0.29) is 5.82 Å². The van der Waals surface area contributed by atoms with Crippen LogP contribution in [0.2, 0.25) is 0 Å². The first-order chi connectivity index (χ1) is 9.11. The molecule has 0 aliphatic carbocycles. The number of aryl methyl sites for hydroxylation is 1. The molecule has 2 rings (SSSR count). The third kappa shape index (κ3) is 3.31. The van der Waals surface area contributed by atoms with Gasteiger partial charge in [0.1, 0.15) is 11.6 Å². The summed E-state index contributed by atoms with van der Waals surface area (Å²) < 4.78 is 13.3. The van der Waals surface area contributed by atoms with E-state index in [1.54, 1.807) is 12.1 Å². The Balaban J connectivity index is 2.35. The lowest BCUT2D eigenvalue weighted by Gasteiger charge is -2.11. The Morgan fingerprint density at radius 3 is 2.74 bits per heavy atom. The largest absolute Gasteiger partial charge is 0.507 e. The van der Waals surface area contributed by atoms with Crippen LogP contribution >= 0.6 is 8.58 Å². The number of rotatable bonds is 4. The second-order valence-electron chi connectivity index (χ2n) is 4.43. The molecule has 2 aromatic rings. The zero-order chi connectivity index (χ0) is 13.8. The van der Waals surface area contributed by atoms with Crippen molar-refractivity contribution in [3.63, 3.8) is 0 Å². The quantitative estimate of drug-likeness (QED) is 0.840. The SMILES string of the molecule is CNCc1cc(F)ccc1Pc1cccc(C)c1O. The van der Waals surface area contributed by atoms with Gasteiger partial charge in [0.2, 0.25) is 0 Å². The van der Waals surface area contributed by atoms with Gasteiger partial charge >= 0.3 is 0 Å². The van der Waals surface area contributed by atoms with Crippen molar-refractivity contribution in [1.29, 1.82) is 0 Å². The molecule has 0 heterocycles. The van der Waals surface area contributed by atoms with E-state index in [1.807, 2.05) is 32.2 Å². The summed E-state index contributed by atoms with van der Waals surface area (Å²) in [7, 11) is 2.16. The summed E-state index contributed by atoms with van der Waals surface area (Å²) >= 11 is 0. The number of aromatic hydroxyl groups is 1. The zero-order valence-corrected chi connectivity index (χ0v) is 12.0. The first-order valence-electron chi connectivity index (χ1n) is 6.10. The molecule has 0 saturated heterocycles. The molecular formula is C15H17FNOP. The van der Waals surface area contributed by atoms with Gasteiger partial charge in [-0.2, -0.15) is 0 Å². The van der Waals surface area contributed by atoms with Gasteiger partial charge < -0.3 is 10.4 Å². The summed E-state index contributed by atoms with van der Waals surface area (Å²) in [6, 6.07) is 10.5. The zero-order valence-electron chi connectivity index (χ0n) is 11.0. The van der Waals surface area contributed by atoms with E-state index in [9.17, 15) is 9.50 Å². The van der Waals surface area contributed by atoms with E-state index < -0.39 is 0 Å². The predicted molar refractivity (Wildman–Crippen MR) is 79.6 cm³/mol. The molecule has 0 amide bonds. The molecule has 0 radical (unpaired) electrons. The molecule has 2 N–H and O–H groups in total. The molecule has 0 aliphatic rings. The van der Waals surface area contributed by atoms with Crippen LogP contribution in [0, 0.1) is 12.7 Å². The van der Waals surface area contributed by atoms with Gasteiger partial charge in [0, 0.05) is 11.8 Å². The van der Waals surface area contributed by atoms with Crippen molar-refractivity contribution >= 4 is 19.2 Å². The molecule has 19 heavy (non-hydrogen) atoms. The van der Waals surface area contributed by atoms with Gasteiger partial charge in [-0.15, -0.1) is 0 Å². The number of hydrogen-bond acceptors (Lipinski definition) is 2. The third-order valence-electron chi connectivity index (χ3n) is 2.94. The Morgan fingerprint density at radius 1 is 1.21 bits per heavy atom. The number of benzene rings is 2. The van der Waals surface area contributed by atoms with E-state index in [4.69, 9.17) is 0 Å². The van der Waals surface area contributed by atoms with E-state index in [0.717, 1.165) is 21.7 Å². The van der Waals surface area contributed by atoms with E-state index in [1.165, 1.54) is 6.07 Å². The first kappa shape index (κ1) is 14.0. The molecule has 1 atom stereocenters. The summed E-state index contributed by atoms with van der Waals surface area (Å²) in [5.74, 6) is 0.104. The molecule has 0 bridgehead atoms. The summed E-state index contributed by atoms with van der Waals surface area (Å²) in [6.07, 6.45) is 0. The maximum absolute atomic E-state index is 13.3. The van der Waals surface area contributed by atoms with E-state index in [0.29, 0.717) is 20.9 Å². The van der Waals surface area contributed by atoms with Crippen molar-refractivity contribution in [2.75, 3.05) is 7.05 Å². The maximum atomic E-state index is 13.3. The van der Waals surface area contributed by atoms with Crippen molar-refractivity contribution in [3.05, 3.63) is 53.3 Å².